The second-order valence-corrected chi connectivity index (χ2v) is 6.80. The Hall–Kier alpha value is -2.59. The standard InChI is InChI=1S/C22H23ClN2O2/c1-3-13-25(14-4-2)17-11-9-16(10-12-17)15-20-22(26)27-21(24-20)18-7-5-6-8-19(18)23/h5-12,15H,3-4,13-14H2,1-2H3. The first-order valence-electron chi connectivity index (χ1n) is 9.24. The molecule has 0 saturated heterocycles. The van der Waals surface area contributed by atoms with E-state index in [1.807, 2.05) is 24.3 Å². The number of ether oxygens (including phenoxy) is 1. The first-order valence-corrected chi connectivity index (χ1v) is 9.62. The van der Waals surface area contributed by atoms with Crippen LogP contribution in [0.25, 0.3) is 6.08 Å². The van der Waals surface area contributed by atoms with Crippen molar-refractivity contribution in [2.45, 2.75) is 26.7 Å². The van der Waals surface area contributed by atoms with E-state index in [-0.39, 0.29) is 11.6 Å². The quantitative estimate of drug-likeness (QED) is 0.481. The fourth-order valence-electron chi connectivity index (χ4n) is 3.01. The van der Waals surface area contributed by atoms with Crippen molar-refractivity contribution in [1.29, 1.82) is 0 Å². The SMILES string of the molecule is CCCN(CCC)c1ccc(C=C2N=C(c3ccccc3Cl)OC2=O)cc1. The summed E-state index contributed by atoms with van der Waals surface area (Å²) >= 11 is 6.16. The van der Waals surface area contributed by atoms with Gasteiger partial charge in [-0.15, -0.1) is 0 Å². The highest BCUT2D eigenvalue weighted by Crippen LogP contribution is 2.24. The number of carbonyl (C=O) groups excluding carboxylic acids is 1. The molecule has 0 atom stereocenters. The molecule has 1 heterocycles. The number of rotatable bonds is 7. The summed E-state index contributed by atoms with van der Waals surface area (Å²) in [6.07, 6.45) is 3.95. The average Bonchev–Trinajstić information content (AvgIpc) is 3.03. The molecule has 0 bridgehead atoms. The Morgan fingerprint density at radius 1 is 1.04 bits per heavy atom. The van der Waals surface area contributed by atoms with E-state index in [0.717, 1.165) is 31.5 Å². The van der Waals surface area contributed by atoms with E-state index >= 15 is 0 Å². The zero-order valence-corrected chi connectivity index (χ0v) is 16.4. The van der Waals surface area contributed by atoms with Crippen LogP contribution >= 0.6 is 11.6 Å². The highest BCUT2D eigenvalue weighted by molar-refractivity contribution is 6.34. The van der Waals surface area contributed by atoms with E-state index in [1.54, 1.807) is 18.2 Å². The molecule has 5 heteroatoms. The van der Waals surface area contributed by atoms with Crippen molar-refractivity contribution in [3.8, 4) is 0 Å². The molecule has 0 saturated carbocycles. The van der Waals surface area contributed by atoms with Crippen LogP contribution in [0.5, 0.6) is 0 Å². The molecule has 0 amide bonds. The maximum absolute atomic E-state index is 12.2. The van der Waals surface area contributed by atoms with Crippen molar-refractivity contribution < 1.29 is 9.53 Å². The van der Waals surface area contributed by atoms with E-state index < -0.39 is 5.97 Å². The maximum atomic E-state index is 12.2. The van der Waals surface area contributed by atoms with Crippen LogP contribution in [-0.2, 0) is 9.53 Å². The first-order chi connectivity index (χ1) is 13.1. The van der Waals surface area contributed by atoms with E-state index in [9.17, 15) is 4.79 Å². The van der Waals surface area contributed by atoms with Crippen LogP contribution in [0.4, 0.5) is 5.69 Å². The Labute approximate surface area is 165 Å². The third-order valence-electron chi connectivity index (χ3n) is 4.27. The largest absolute Gasteiger partial charge is 0.402 e. The zero-order chi connectivity index (χ0) is 19.2. The van der Waals surface area contributed by atoms with Gasteiger partial charge in [0.15, 0.2) is 5.70 Å². The van der Waals surface area contributed by atoms with Crippen LogP contribution in [0.15, 0.2) is 59.2 Å². The molecule has 2 aromatic carbocycles. The number of carbonyl (C=O) groups is 1. The van der Waals surface area contributed by atoms with Crippen molar-refractivity contribution in [1.82, 2.24) is 0 Å². The molecule has 1 aliphatic heterocycles. The molecule has 27 heavy (non-hydrogen) atoms. The lowest BCUT2D eigenvalue weighted by molar-refractivity contribution is -0.129. The summed E-state index contributed by atoms with van der Waals surface area (Å²) in [6.45, 7) is 6.43. The first kappa shape index (κ1) is 19.2. The van der Waals surface area contributed by atoms with Gasteiger partial charge in [0.1, 0.15) is 0 Å². The number of cyclic esters (lactones) is 1. The van der Waals surface area contributed by atoms with Gasteiger partial charge in [0, 0.05) is 18.8 Å². The van der Waals surface area contributed by atoms with Crippen molar-refractivity contribution in [3.05, 3.63) is 70.4 Å². The Morgan fingerprint density at radius 2 is 1.70 bits per heavy atom. The number of hydrogen-bond acceptors (Lipinski definition) is 4. The van der Waals surface area contributed by atoms with Gasteiger partial charge in [-0.3, -0.25) is 0 Å². The van der Waals surface area contributed by atoms with Crippen molar-refractivity contribution in [3.63, 3.8) is 0 Å². The summed E-state index contributed by atoms with van der Waals surface area (Å²) in [5.41, 5.74) is 2.98. The lowest BCUT2D eigenvalue weighted by atomic mass is 10.1. The molecule has 0 aliphatic carbocycles. The molecule has 4 nitrogen and oxygen atoms in total. The number of hydrogen-bond donors (Lipinski definition) is 0. The van der Waals surface area contributed by atoms with E-state index in [2.05, 4.69) is 35.9 Å². The third-order valence-corrected chi connectivity index (χ3v) is 4.60. The second-order valence-electron chi connectivity index (χ2n) is 6.39. The average molecular weight is 383 g/mol. The third kappa shape index (κ3) is 4.58. The molecule has 2 aromatic rings. The number of halogens is 1. The van der Waals surface area contributed by atoms with Crippen LogP contribution in [0.1, 0.15) is 37.8 Å². The number of nitrogens with zero attached hydrogens (tertiary/aromatic N) is 2. The molecule has 0 fully saturated rings. The summed E-state index contributed by atoms with van der Waals surface area (Å²) in [4.78, 5) is 18.9. The molecular weight excluding hydrogens is 360 g/mol. The minimum absolute atomic E-state index is 0.241. The fourth-order valence-corrected chi connectivity index (χ4v) is 3.22. The molecule has 1 aliphatic rings. The maximum Gasteiger partial charge on any atom is 0.363 e. The van der Waals surface area contributed by atoms with Crippen molar-refractivity contribution in [2.24, 2.45) is 4.99 Å². The van der Waals surface area contributed by atoms with Gasteiger partial charge < -0.3 is 9.64 Å². The predicted molar refractivity (Wildman–Crippen MR) is 111 cm³/mol. The van der Waals surface area contributed by atoms with Gasteiger partial charge in [-0.05, 0) is 48.7 Å². The van der Waals surface area contributed by atoms with Crippen LogP contribution in [-0.4, -0.2) is 25.0 Å². The normalized spacial score (nSPS) is 15.0. The number of aliphatic imine (C=N–C) groups is 1. The molecule has 0 aromatic heterocycles. The van der Waals surface area contributed by atoms with Gasteiger partial charge in [-0.25, -0.2) is 9.79 Å². The summed E-state index contributed by atoms with van der Waals surface area (Å²) < 4.78 is 5.29. The molecule has 0 spiro atoms. The van der Waals surface area contributed by atoms with Gasteiger partial charge in [-0.2, -0.15) is 0 Å². The smallest absolute Gasteiger partial charge is 0.363 e. The number of anilines is 1. The van der Waals surface area contributed by atoms with Gasteiger partial charge in [0.05, 0.1) is 10.6 Å². The Balaban J connectivity index is 1.82. The van der Waals surface area contributed by atoms with Crippen LogP contribution < -0.4 is 4.90 Å². The lowest BCUT2D eigenvalue weighted by Gasteiger charge is -2.23. The molecule has 140 valence electrons. The lowest BCUT2D eigenvalue weighted by Crippen LogP contribution is -2.24. The van der Waals surface area contributed by atoms with Gasteiger partial charge in [0.2, 0.25) is 5.90 Å². The minimum atomic E-state index is -0.465. The monoisotopic (exact) mass is 382 g/mol. The predicted octanol–water partition coefficient (Wildman–Crippen LogP) is 5.31. The van der Waals surface area contributed by atoms with E-state index in [1.165, 1.54) is 5.69 Å². The highest BCUT2D eigenvalue weighted by Gasteiger charge is 2.25. The second kappa shape index (κ2) is 8.87. The number of benzene rings is 2. The summed E-state index contributed by atoms with van der Waals surface area (Å²) in [6, 6.07) is 15.3. The Bertz CT molecular complexity index is 866. The summed E-state index contributed by atoms with van der Waals surface area (Å²) in [7, 11) is 0. The van der Waals surface area contributed by atoms with Crippen molar-refractivity contribution >= 4 is 35.2 Å². The zero-order valence-electron chi connectivity index (χ0n) is 15.6. The minimum Gasteiger partial charge on any atom is -0.402 e. The van der Waals surface area contributed by atoms with E-state index in [4.69, 9.17) is 16.3 Å². The van der Waals surface area contributed by atoms with Gasteiger partial charge in [0.25, 0.3) is 0 Å². The van der Waals surface area contributed by atoms with Crippen LogP contribution in [0.2, 0.25) is 5.02 Å². The number of esters is 1. The molecule has 0 radical (unpaired) electrons. The van der Waals surface area contributed by atoms with Gasteiger partial charge >= 0.3 is 5.97 Å². The summed E-state index contributed by atoms with van der Waals surface area (Å²) in [5.74, 6) is -0.224. The Morgan fingerprint density at radius 3 is 2.33 bits per heavy atom. The van der Waals surface area contributed by atoms with Crippen LogP contribution in [0.3, 0.4) is 0 Å². The summed E-state index contributed by atoms with van der Waals surface area (Å²) in [5, 5.41) is 0.501. The molecule has 0 N–H and O–H groups in total. The van der Waals surface area contributed by atoms with Gasteiger partial charge in [-0.1, -0.05) is 49.7 Å². The Kier molecular flexibility index (Phi) is 6.30. The molecular formula is C22H23ClN2O2. The van der Waals surface area contributed by atoms with Crippen molar-refractivity contribution in [2.75, 3.05) is 18.0 Å². The fraction of sp³-hybridized carbons (Fsp3) is 0.273. The highest BCUT2D eigenvalue weighted by atomic mass is 35.5. The van der Waals surface area contributed by atoms with E-state index in [0.29, 0.717) is 10.6 Å². The van der Waals surface area contributed by atoms with Crippen LogP contribution in [0, 0.1) is 0 Å². The topological polar surface area (TPSA) is 41.9 Å². The molecule has 0 unspecified atom stereocenters. The molecule has 3 rings (SSSR count).